The van der Waals surface area contributed by atoms with E-state index in [1.54, 1.807) is 12.1 Å². The molecule has 0 bridgehead atoms. The molecule has 20 heavy (non-hydrogen) atoms. The third-order valence-corrected chi connectivity index (χ3v) is 3.12. The van der Waals surface area contributed by atoms with E-state index in [4.69, 9.17) is 20.3 Å². The maximum absolute atomic E-state index is 12.3. The number of carbonyl (C=O) groups is 1. The smallest absolute Gasteiger partial charge is 0.253 e. The number of aliphatic hydroxyl groups excluding tert-OH is 1. The van der Waals surface area contributed by atoms with Gasteiger partial charge in [0.15, 0.2) is 0 Å². The Morgan fingerprint density at radius 1 is 1.40 bits per heavy atom. The van der Waals surface area contributed by atoms with E-state index in [9.17, 15) is 4.79 Å². The lowest BCUT2D eigenvalue weighted by molar-refractivity contribution is 0.0929. The lowest BCUT2D eigenvalue weighted by atomic mass is 10.1. The zero-order valence-corrected chi connectivity index (χ0v) is 12.1. The number of nitrogens with one attached hydrogen (secondary N) is 1. The number of hydrogen-bond donors (Lipinski definition) is 3. The normalized spacial score (nSPS) is 11.8. The summed E-state index contributed by atoms with van der Waals surface area (Å²) in [6, 6.07) is 3.10. The van der Waals surface area contributed by atoms with Gasteiger partial charge in [-0.2, -0.15) is 0 Å². The Morgan fingerprint density at radius 2 is 2.10 bits per heavy atom. The summed E-state index contributed by atoms with van der Waals surface area (Å²) in [7, 11) is 2.99. The van der Waals surface area contributed by atoms with Gasteiger partial charge in [-0.1, -0.05) is 6.92 Å². The van der Waals surface area contributed by atoms with Crippen LogP contribution in [-0.4, -0.2) is 37.9 Å². The third kappa shape index (κ3) is 3.77. The first-order valence-electron chi connectivity index (χ1n) is 6.50. The van der Waals surface area contributed by atoms with Crippen molar-refractivity contribution in [2.24, 2.45) is 0 Å². The van der Waals surface area contributed by atoms with Gasteiger partial charge >= 0.3 is 0 Å². The molecule has 0 radical (unpaired) electrons. The maximum Gasteiger partial charge on any atom is 0.253 e. The molecule has 0 saturated carbocycles. The van der Waals surface area contributed by atoms with Crippen molar-refractivity contribution in [3.8, 4) is 11.5 Å². The molecule has 6 nitrogen and oxygen atoms in total. The standard InChI is InChI=1S/C14H22N2O4/c1-4-9(5-6-17)16-14(18)11-7-10(19-2)8-12(20-3)13(11)15/h7-9,17H,4-6,15H2,1-3H3,(H,16,18). The van der Waals surface area contributed by atoms with E-state index >= 15 is 0 Å². The predicted molar refractivity (Wildman–Crippen MR) is 77.2 cm³/mol. The molecule has 1 rings (SSSR count). The van der Waals surface area contributed by atoms with Crippen LogP contribution in [0.5, 0.6) is 11.5 Å². The highest BCUT2D eigenvalue weighted by Gasteiger charge is 2.18. The number of rotatable bonds is 7. The van der Waals surface area contributed by atoms with Gasteiger partial charge < -0.3 is 25.6 Å². The van der Waals surface area contributed by atoms with Crippen molar-refractivity contribution in [1.29, 1.82) is 0 Å². The second kappa shape index (κ2) is 7.59. The Balaban J connectivity index is 3.02. The van der Waals surface area contributed by atoms with Crippen molar-refractivity contribution in [3.05, 3.63) is 17.7 Å². The number of carbonyl (C=O) groups excluding carboxylic acids is 1. The number of hydrogen-bond acceptors (Lipinski definition) is 5. The van der Waals surface area contributed by atoms with E-state index < -0.39 is 0 Å². The van der Waals surface area contributed by atoms with Crippen molar-refractivity contribution < 1.29 is 19.4 Å². The highest BCUT2D eigenvalue weighted by Crippen LogP contribution is 2.31. The molecule has 1 aromatic rings. The van der Waals surface area contributed by atoms with Gasteiger partial charge in [0, 0.05) is 18.7 Å². The molecule has 1 amide bonds. The van der Waals surface area contributed by atoms with E-state index in [2.05, 4.69) is 5.32 Å². The lowest BCUT2D eigenvalue weighted by Crippen LogP contribution is -2.35. The second-order valence-electron chi connectivity index (χ2n) is 4.38. The van der Waals surface area contributed by atoms with Gasteiger partial charge in [0.2, 0.25) is 0 Å². The average molecular weight is 282 g/mol. The molecule has 0 fully saturated rings. The lowest BCUT2D eigenvalue weighted by Gasteiger charge is -2.18. The van der Waals surface area contributed by atoms with Crippen LogP contribution in [0.3, 0.4) is 0 Å². The van der Waals surface area contributed by atoms with Crippen LogP contribution in [-0.2, 0) is 0 Å². The van der Waals surface area contributed by atoms with Crippen LogP contribution in [0, 0.1) is 0 Å². The topological polar surface area (TPSA) is 93.8 Å². The van der Waals surface area contributed by atoms with Gasteiger partial charge in [-0.25, -0.2) is 0 Å². The van der Waals surface area contributed by atoms with E-state index in [0.29, 0.717) is 23.5 Å². The molecular formula is C14H22N2O4. The first-order valence-corrected chi connectivity index (χ1v) is 6.50. The number of aliphatic hydroxyl groups is 1. The summed E-state index contributed by atoms with van der Waals surface area (Å²) in [6.07, 6.45) is 1.23. The average Bonchev–Trinajstić information content (AvgIpc) is 2.46. The van der Waals surface area contributed by atoms with Crippen molar-refractivity contribution in [1.82, 2.24) is 5.32 Å². The predicted octanol–water partition coefficient (Wildman–Crippen LogP) is 1.18. The minimum absolute atomic E-state index is 0.0235. The number of nitrogens with two attached hydrogens (primary N) is 1. The molecule has 6 heteroatoms. The van der Waals surface area contributed by atoms with Crippen molar-refractivity contribution >= 4 is 11.6 Å². The highest BCUT2D eigenvalue weighted by atomic mass is 16.5. The Morgan fingerprint density at radius 3 is 2.60 bits per heavy atom. The van der Waals surface area contributed by atoms with E-state index in [1.807, 2.05) is 6.92 Å². The molecule has 112 valence electrons. The molecule has 0 aromatic heterocycles. The fraction of sp³-hybridized carbons (Fsp3) is 0.500. The summed E-state index contributed by atoms with van der Waals surface area (Å²) in [5, 5.41) is 11.8. The molecule has 4 N–H and O–H groups in total. The zero-order valence-electron chi connectivity index (χ0n) is 12.1. The number of ether oxygens (including phenoxy) is 2. The maximum atomic E-state index is 12.3. The Bertz CT molecular complexity index is 463. The fourth-order valence-corrected chi connectivity index (χ4v) is 1.87. The van der Waals surface area contributed by atoms with E-state index in [0.717, 1.165) is 6.42 Å². The minimum Gasteiger partial charge on any atom is -0.497 e. The summed E-state index contributed by atoms with van der Waals surface area (Å²) < 4.78 is 10.3. The van der Waals surface area contributed by atoms with Crippen LogP contribution in [0.2, 0.25) is 0 Å². The summed E-state index contributed by atoms with van der Waals surface area (Å²) in [6.45, 7) is 1.96. The van der Waals surface area contributed by atoms with Gasteiger partial charge in [0.05, 0.1) is 25.5 Å². The summed E-state index contributed by atoms with van der Waals surface area (Å²) in [4.78, 5) is 12.3. The molecular weight excluding hydrogens is 260 g/mol. The summed E-state index contributed by atoms with van der Waals surface area (Å²) >= 11 is 0. The first kappa shape index (κ1) is 16.1. The Kier molecular flexibility index (Phi) is 6.11. The van der Waals surface area contributed by atoms with Gasteiger partial charge in [-0.15, -0.1) is 0 Å². The number of amides is 1. The molecule has 1 unspecified atom stereocenters. The molecule has 0 aliphatic rings. The fourth-order valence-electron chi connectivity index (χ4n) is 1.87. The van der Waals surface area contributed by atoms with Gasteiger partial charge in [0.1, 0.15) is 11.5 Å². The van der Waals surface area contributed by atoms with Crippen LogP contribution in [0.15, 0.2) is 12.1 Å². The third-order valence-electron chi connectivity index (χ3n) is 3.12. The molecule has 1 aromatic carbocycles. The summed E-state index contributed by atoms with van der Waals surface area (Å²) in [5.41, 5.74) is 6.49. The van der Waals surface area contributed by atoms with E-state index in [-0.39, 0.29) is 24.2 Å². The quantitative estimate of drug-likeness (QED) is 0.653. The van der Waals surface area contributed by atoms with Gasteiger partial charge in [-0.05, 0) is 18.9 Å². The molecule has 1 atom stereocenters. The van der Waals surface area contributed by atoms with E-state index in [1.165, 1.54) is 14.2 Å². The van der Waals surface area contributed by atoms with Crippen molar-refractivity contribution in [2.75, 3.05) is 26.6 Å². The molecule has 0 spiro atoms. The number of nitrogen functional groups attached to an aromatic ring is 1. The zero-order chi connectivity index (χ0) is 15.1. The summed E-state index contributed by atoms with van der Waals surface area (Å²) in [5.74, 6) is 0.584. The molecule has 0 saturated heterocycles. The number of methoxy groups -OCH3 is 2. The monoisotopic (exact) mass is 282 g/mol. The number of benzene rings is 1. The molecule has 0 aliphatic carbocycles. The van der Waals surface area contributed by atoms with Gasteiger partial charge in [-0.3, -0.25) is 4.79 Å². The highest BCUT2D eigenvalue weighted by molar-refractivity contribution is 6.01. The Labute approximate surface area is 118 Å². The van der Waals surface area contributed by atoms with Crippen LogP contribution in [0.4, 0.5) is 5.69 Å². The minimum atomic E-state index is -0.306. The SMILES string of the molecule is CCC(CCO)NC(=O)c1cc(OC)cc(OC)c1N. The van der Waals surface area contributed by atoms with Crippen molar-refractivity contribution in [2.45, 2.75) is 25.8 Å². The van der Waals surface area contributed by atoms with Crippen LogP contribution in [0.1, 0.15) is 30.1 Å². The van der Waals surface area contributed by atoms with Crippen LogP contribution < -0.4 is 20.5 Å². The number of anilines is 1. The van der Waals surface area contributed by atoms with Crippen LogP contribution >= 0.6 is 0 Å². The van der Waals surface area contributed by atoms with Crippen LogP contribution in [0.25, 0.3) is 0 Å². The van der Waals surface area contributed by atoms with Gasteiger partial charge in [0.25, 0.3) is 5.91 Å². The largest absolute Gasteiger partial charge is 0.497 e. The second-order valence-corrected chi connectivity index (χ2v) is 4.38. The molecule has 0 heterocycles. The van der Waals surface area contributed by atoms with Crippen molar-refractivity contribution in [3.63, 3.8) is 0 Å². The first-order chi connectivity index (χ1) is 9.57. The Hall–Kier alpha value is -1.95. The molecule has 0 aliphatic heterocycles.